The van der Waals surface area contributed by atoms with Gasteiger partial charge in [-0.2, -0.15) is 0 Å². The molecule has 0 radical (unpaired) electrons. The van der Waals surface area contributed by atoms with Crippen molar-refractivity contribution < 1.29 is 5.11 Å². The lowest BCUT2D eigenvalue weighted by atomic mass is 9.99. The molecule has 1 saturated heterocycles. The van der Waals surface area contributed by atoms with Gasteiger partial charge in [-0.1, -0.05) is 6.42 Å². The Morgan fingerprint density at radius 3 is 3.12 bits per heavy atom. The highest BCUT2D eigenvalue weighted by Crippen LogP contribution is 2.21. The predicted octanol–water partition coefficient (Wildman–Crippen LogP) is 1.64. The largest absolute Gasteiger partial charge is 0.396 e. The van der Waals surface area contributed by atoms with E-state index >= 15 is 0 Å². The van der Waals surface area contributed by atoms with Crippen molar-refractivity contribution in [2.24, 2.45) is 0 Å². The highest BCUT2D eigenvalue weighted by molar-refractivity contribution is 4.99. The molecule has 0 unspecified atom stereocenters. The summed E-state index contributed by atoms with van der Waals surface area (Å²) < 4.78 is 2.20. The van der Waals surface area contributed by atoms with Crippen LogP contribution in [0.15, 0.2) is 12.5 Å². The molecule has 1 aliphatic heterocycles. The number of imidazole rings is 1. The Hall–Kier alpha value is -0.870. The lowest BCUT2D eigenvalue weighted by Gasteiger charge is -2.35. The molecule has 4 heteroatoms. The van der Waals surface area contributed by atoms with Crippen LogP contribution in [-0.2, 0) is 13.1 Å². The first-order valence-electron chi connectivity index (χ1n) is 6.69. The zero-order valence-corrected chi connectivity index (χ0v) is 10.7. The van der Waals surface area contributed by atoms with Crippen LogP contribution in [0.1, 0.15) is 38.3 Å². The van der Waals surface area contributed by atoms with E-state index in [0.717, 1.165) is 26.1 Å². The summed E-state index contributed by atoms with van der Waals surface area (Å²) in [5.41, 5.74) is 1.29. The van der Waals surface area contributed by atoms with Gasteiger partial charge in [0.1, 0.15) is 0 Å². The van der Waals surface area contributed by atoms with Crippen LogP contribution < -0.4 is 0 Å². The Morgan fingerprint density at radius 1 is 1.47 bits per heavy atom. The topological polar surface area (TPSA) is 41.3 Å². The van der Waals surface area contributed by atoms with Gasteiger partial charge in [-0.15, -0.1) is 0 Å². The third kappa shape index (κ3) is 3.07. The van der Waals surface area contributed by atoms with Crippen LogP contribution >= 0.6 is 0 Å². The Kier molecular flexibility index (Phi) is 4.57. The monoisotopic (exact) mass is 237 g/mol. The van der Waals surface area contributed by atoms with Crippen molar-refractivity contribution in [2.75, 3.05) is 13.2 Å². The summed E-state index contributed by atoms with van der Waals surface area (Å²) in [6.07, 6.45) is 8.58. The van der Waals surface area contributed by atoms with E-state index in [0.29, 0.717) is 12.6 Å². The summed E-state index contributed by atoms with van der Waals surface area (Å²) in [6, 6.07) is 0.550. The summed E-state index contributed by atoms with van der Waals surface area (Å²) in [7, 11) is 0. The molecule has 1 aromatic heterocycles. The number of rotatable bonds is 5. The van der Waals surface area contributed by atoms with Crippen LogP contribution in [-0.4, -0.2) is 38.8 Å². The normalized spacial score (nSPS) is 21.9. The Labute approximate surface area is 103 Å². The maximum Gasteiger partial charge on any atom is 0.0948 e. The van der Waals surface area contributed by atoms with E-state index in [1.165, 1.54) is 25.0 Å². The molecule has 2 rings (SSSR count). The lowest BCUT2D eigenvalue weighted by molar-refractivity contribution is 0.110. The fourth-order valence-electron chi connectivity index (χ4n) is 2.72. The van der Waals surface area contributed by atoms with Gasteiger partial charge in [-0.25, -0.2) is 4.98 Å². The number of aromatic nitrogens is 2. The molecule has 0 aromatic carbocycles. The van der Waals surface area contributed by atoms with E-state index in [1.54, 1.807) is 0 Å². The van der Waals surface area contributed by atoms with Gasteiger partial charge in [0.15, 0.2) is 0 Å². The molecule has 1 fully saturated rings. The number of hydrogen-bond acceptors (Lipinski definition) is 3. The van der Waals surface area contributed by atoms with Gasteiger partial charge in [0.05, 0.1) is 12.0 Å². The molecule has 4 nitrogen and oxygen atoms in total. The summed E-state index contributed by atoms with van der Waals surface area (Å²) in [4.78, 5) is 6.72. The second kappa shape index (κ2) is 6.17. The molecule has 17 heavy (non-hydrogen) atoms. The van der Waals surface area contributed by atoms with Gasteiger partial charge in [0.2, 0.25) is 0 Å². The van der Waals surface area contributed by atoms with Crippen molar-refractivity contribution in [3.05, 3.63) is 18.2 Å². The van der Waals surface area contributed by atoms with Gasteiger partial charge in [0, 0.05) is 31.9 Å². The van der Waals surface area contributed by atoms with Crippen LogP contribution in [0.4, 0.5) is 0 Å². The number of aliphatic hydroxyl groups is 1. The summed E-state index contributed by atoms with van der Waals surface area (Å²) in [5, 5.41) is 9.12. The molecule has 0 aliphatic carbocycles. The van der Waals surface area contributed by atoms with E-state index in [1.807, 2.05) is 12.5 Å². The van der Waals surface area contributed by atoms with Crippen LogP contribution in [0.2, 0.25) is 0 Å². The third-order valence-electron chi connectivity index (χ3n) is 3.72. The minimum atomic E-state index is 0.300. The van der Waals surface area contributed by atoms with Crippen molar-refractivity contribution in [3.63, 3.8) is 0 Å². The van der Waals surface area contributed by atoms with Gasteiger partial charge in [-0.05, 0) is 32.7 Å². The smallest absolute Gasteiger partial charge is 0.0948 e. The molecule has 1 atom stereocenters. The van der Waals surface area contributed by atoms with E-state index in [-0.39, 0.29) is 0 Å². The van der Waals surface area contributed by atoms with E-state index in [2.05, 4.69) is 21.4 Å². The fourth-order valence-corrected chi connectivity index (χ4v) is 2.72. The third-order valence-corrected chi connectivity index (χ3v) is 3.72. The average Bonchev–Trinajstić information content (AvgIpc) is 2.79. The molecule has 96 valence electrons. The number of likely N-dealkylation sites (tertiary alicyclic amines) is 1. The summed E-state index contributed by atoms with van der Waals surface area (Å²) >= 11 is 0. The second-order valence-electron chi connectivity index (χ2n) is 4.80. The zero-order chi connectivity index (χ0) is 12.1. The van der Waals surface area contributed by atoms with E-state index in [9.17, 15) is 0 Å². The van der Waals surface area contributed by atoms with Gasteiger partial charge in [-0.3, -0.25) is 4.90 Å². The number of hydrogen-bond donors (Lipinski definition) is 1. The standard InChI is InChI=1S/C13H23N3O/c1-2-15-11-14-9-13(15)10-16-7-4-3-5-12(16)6-8-17/h9,11-12,17H,2-8,10H2,1H3/t12-/m1/s1. The quantitative estimate of drug-likeness (QED) is 0.846. The van der Waals surface area contributed by atoms with Crippen LogP contribution in [0, 0.1) is 0 Å². The maximum absolute atomic E-state index is 9.12. The van der Waals surface area contributed by atoms with Crippen LogP contribution in [0.25, 0.3) is 0 Å². The lowest BCUT2D eigenvalue weighted by Crippen LogP contribution is -2.39. The SMILES string of the molecule is CCn1cncc1CN1CCCC[C@@H]1CCO. The van der Waals surface area contributed by atoms with Gasteiger partial charge in [0.25, 0.3) is 0 Å². The van der Waals surface area contributed by atoms with Crippen molar-refractivity contribution >= 4 is 0 Å². The van der Waals surface area contributed by atoms with E-state index < -0.39 is 0 Å². The molecule has 0 spiro atoms. The van der Waals surface area contributed by atoms with Gasteiger partial charge >= 0.3 is 0 Å². The molecule has 1 aliphatic rings. The minimum absolute atomic E-state index is 0.300. The number of piperidine rings is 1. The minimum Gasteiger partial charge on any atom is -0.396 e. The van der Waals surface area contributed by atoms with Crippen molar-refractivity contribution in [1.29, 1.82) is 0 Å². The molecule has 0 amide bonds. The molecule has 1 aromatic rings. The van der Waals surface area contributed by atoms with Crippen molar-refractivity contribution in [2.45, 2.75) is 51.7 Å². The molecular formula is C13H23N3O. The first kappa shape index (κ1) is 12.6. The fraction of sp³-hybridized carbons (Fsp3) is 0.769. The number of aliphatic hydroxyl groups excluding tert-OH is 1. The Balaban J connectivity index is 2.00. The highest BCUT2D eigenvalue weighted by atomic mass is 16.3. The van der Waals surface area contributed by atoms with Crippen molar-refractivity contribution in [1.82, 2.24) is 14.5 Å². The first-order chi connectivity index (χ1) is 8.35. The first-order valence-corrected chi connectivity index (χ1v) is 6.69. The second-order valence-corrected chi connectivity index (χ2v) is 4.80. The van der Waals surface area contributed by atoms with E-state index in [4.69, 9.17) is 5.11 Å². The highest BCUT2D eigenvalue weighted by Gasteiger charge is 2.22. The maximum atomic E-state index is 9.12. The summed E-state index contributed by atoms with van der Waals surface area (Å²) in [6.45, 7) is 5.55. The molecule has 1 N–H and O–H groups in total. The van der Waals surface area contributed by atoms with Crippen LogP contribution in [0.3, 0.4) is 0 Å². The van der Waals surface area contributed by atoms with Crippen LogP contribution in [0.5, 0.6) is 0 Å². The zero-order valence-electron chi connectivity index (χ0n) is 10.7. The molecular weight excluding hydrogens is 214 g/mol. The Bertz CT molecular complexity index is 335. The average molecular weight is 237 g/mol. The molecule has 0 saturated carbocycles. The van der Waals surface area contributed by atoms with Gasteiger partial charge < -0.3 is 9.67 Å². The van der Waals surface area contributed by atoms with Crippen molar-refractivity contribution in [3.8, 4) is 0 Å². The number of nitrogens with zero attached hydrogens (tertiary/aromatic N) is 3. The Morgan fingerprint density at radius 2 is 2.35 bits per heavy atom. The molecule has 0 bridgehead atoms. The number of aryl methyl sites for hydroxylation is 1. The predicted molar refractivity (Wildman–Crippen MR) is 67.7 cm³/mol. The summed E-state index contributed by atoms with van der Waals surface area (Å²) in [5.74, 6) is 0. The molecule has 2 heterocycles.